The highest BCUT2D eigenvalue weighted by atomic mass is 32.1. The summed E-state index contributed by atoms with van der Waals surface area (Å²) in [5.74, 6) is -0.830. The van der Waals surface area contributed by atoms with Crippen molar-refractivity contribution in [3.05, 3.63) is 47.5 Å². The largest absolute Gasteiger partial charge is 0.369 e. The quantitative estimate of drug-likeness (QED) is 0.773. The van der Waals surface area contributed by atoms with E-state index in [4.69, 9.17) is 11.5 Å². The molecule has 0 radical (unpaired) electrons. The van der Waals surface area contributed by atoms with Gasteiger partial charge in [0.2, 0.25) is 11.8 Å². The van der Waals surface area contributed by atoms with Gasteiger partial charge in [0, 0.05) is 20.2 Å². The molecule has 1 aromatic heterocycles. The molecule has 0 aliphatic carbocycles. The van der Waals surface area contributed by atoms with Gasteiger partial charge in [-0.1, -0.05) is 24.3 Å². The molecule has 0 aliphatic rings. The van der Waals surface area contributed by atoms with Crippen molar-refractivity contribution in [1.82, 2.24) is 0 Å². The highest BCUT2D eigenvalue weighted by Gasteiger charge is 2.16. The van der Waals surface area contributed by atoms with E-state index in [9.17, 15) is 9.59 Å². The Kier molecular flexibility index (Phi) is 3.35. The van der Waals surface area contributed by atoms with Crippen LogP contribution in [0.3, 0.4) is 0 Å². The van der Waals surface area contributed by atoms with Gasteiger partial charge in [-0.2, -0.15) is 0 Å². The minimum absolute atomic E-state index is 0.112. The molecule has 0 spiro atoms. The van der Waals surface area contributed by atoms with Gasteiger partial charge in [-0.15, -0.1) is 11.3 Å². The molecule has 0 unspecified atom stereocenters. The van der Waals surface area contributed by atoms with Gasteiger partial charge in [0.05, 0.1) is 12.8 Å². The predicted molar refractivity (Wildman–Crippen MR) is 85.1 cm³/mol. The summed E-state index contributed by atoms with van der Waals surface area (Å²) in [4.78, 5) is 22.7. The molecule has 5 heteroatoms. The summed E-state index contributed by atoms with van der Waals surface area (Å²) in [7, 11) is 0. The van der Waals surface area contributed by atoms with E-state index in [1.54, 1.807) is 11.3 Å². The second-order valence-electron chi connectivity index (χ2n) is 4.96. The number of amides is 2. The van der Waals surface area contributed by atoms with E-state index >= 15 is 0 Å². The fraction of sp³-hybridized carbons (Fsp3) is 0.125. The molecule has 2 aromatic carbocycles. The molecule has 4 N–H and O–H groups in total. The van der Waals surface area contributed by atoms with Crippen molar-refractivity contribution in [2.45, 2.75) is 12.8 Å². The fourth-order valence-corrected chi connectivity index (χ4v) is 3.79. The molecular weight excluding hydrogens is 284 g/mol. The number of nitrogens with two attached hydrogens (primary N) is 2. The Hall–Kier alpha value is -2.40. The summed E-state index contributed by atoms with van der Waals surface area (Å²) in [6.07, 6.45) is 0.226. The molecule has 0 atom stereocenters. The molecular formula is C16H14N2O2S. The van der Waals surface area contributed by atoms with Gasteiger partial charge in [-0.25, -0.2) is 0 Å². The van der Waals surface area contributed by atoms with Crippen LogP contribution in [0, 0.1) is 0 Å². The number of rotatable bonds is 4. The van der Waals surface area contributed by atoms with Crippen molar-refractivity contribution in [2.24, 2.45) is 11.5 Å². The van der Waals surface area contributed by atoms with Crippen LogP contribution in [0.25, 0.3) is 20.2 Å². The van der Waals surface area contributed by atoms with Crippen LogP contribution in [0.15, 0.2) is 36.4 Å². The summed E-state index contributed by atoms with van der Waals surface area (Å²) in [5, 5.41) is 2.09. The lowest BCUT2D eigenvalue weighted by molar-refractivity contribution is -0.118. The molecule has 3 rings (SSSR count). The normalized spacial score (nSPS) is 11.0. The zero-order chi connectivity index (χ0) is 15.0. The van der Waals surface area contributed by atoms with Crippen LogP contribution in [-0.4, -0.2) is 11.8 Å². The maximum Gasteiger partial charge on any atom is 0.221 e. The summed E-state index contributed by atoms with van der Waals surface area (Å²) in [6, 6.07) is 11.8. The fourth-order valence-electron chi connectivity index (χ4n) is 2.66. The van der Waals surface area contributed by atoms with E-state index in [0.717, 1.165) is 31.3 Å². The first kappa shape index (κ1) is 13.6. The molecule has 106 valence electrons. The van der Waals surface area contributed by atoms with Gasteiger partial charge in [0.25, 0.3) is 0 Å². The third-order valence-electron chi connectivity index (χ3n) is 3.46. The van der Waals surface area contributed by atoms with Gasteiger partial charge >= 0.3 is 0 Å². The van der Waals surface area contributed by atoms with Crippen LogP contribution in [0.1, 0.15) is 11.1 Å². The number of primary amides is 2. The first-order valence-corrected chi connectivity index (χ1v) is 7.36. The number of fused-ring (bicyclic) bond motifs is 3. The lowest BCUT2D eigenvalue weighted by Crippen LogP contribution is -2.18. The average Bonchev–Trinajstić information content (AvgIpc) is 2.79. The summed E-state index contributed by atoms with van der Waals surface area (Å²) < 4.78 is 2.23. The second-order valence-corrected chi connectivity index (χ2v) is 6.04. The number of thiophene rings is 1. The van der Waals surface area contributed by atoms with Crippen LogP contribution in [-0.2, 0) is 22.4 Å². The van der Waals surface area contributed by atoms with Crippen molar-refractivity contribution >= 4 is 43.3 Å². The van der Waals surface area contributed by atoms with E-state index < -0.39 is 11.8 Å². The number of carbonyl (C=O) groups is 2. The highest BCUT2D eigenvalue weighted by Crippen LogP contribution is 2.37. The molecule has 0 aliphatic heterocycles. The summed E-state index contributed by atoms with van der Waals surface area (Å²) >= 11 is 1.66. The van der Waals surface area contributed by atoms with Gasteiger partial charge in [-0.05, 0) is 23.3 Å². The molecule has 0 fully saturated rings. The maximum atomic E-state index is 11.4. The number of carbonyl (C=O) groups excluding carboxylic acids is 2. The monoisotopic (exact) mass is 298 g/mol. The molecule has 4 nitrogen and oxygen atoms in total. The van der Waals surface area contributed by atoms with Crippen LogP contribution < -0.4 is 11.5 Å². The standard InChI is InChI=1S/C16H14N2O2S/c17-14(19)7-9-5-6-13-16(11(9)8-15(18)20)10-3-1-2-4-12(10)21-13/h1-6H,7-8H2,(H2,17,19)(H2,18,20). The van der Waals surface area contributed by atoms with E-state index in [0.29, 0.717) is 0 Å². The maximum absolute atomic E-state index is 11.4. The molecule has 0 saturated carbocycles. The van der Waals surface area contributed by atoms with E-state index in [-0.39, 0.29) is 12.8 Å². The Labute approximate surface area is 125 Å². The molecule has 3 aromatic rings. The van der Waals surface area contributed by atoms with Crippen LogP contribution >= 0.6 is 11.3 Å². The van der Waals surface area contributed by atoms with Gasteiger partial charge in [0.1, 0.15) is 0 Å². The van der Waals surface area contributed by atoms with E-state index in [1.807, 2.05) is 36.4 Å². The lowest BCUT2D eigenvalue weighted by Gasteiger charge is -2.09. The smallest absolute Gasteiger partial charge is 0.221 e. The van der Waals surface area contributed by atoms with E-state index in [1.165, 1.54) is 0 Å². The number of benzene rings is 2. The van der Waals surface area contributed by atoms with Crippen LogP contribution in [0.5, 0.6) is 0 Å². The Morgan fingerprint density at radius 2 is 1.62 bits per heavy atom. The minimum atomic E-state index is -0.417. The average molecular weight is 298 g/mol. The van der Waals surface area contributed by atoms with Crippen molar-refractivity contribution in [3.63, 3.8) is 0 Å². The van der Waals surface area contributed by atoms with Gasteiger partial charge in [0.15, 0.2) is 0 Å². The summed E-state index contributed by atoms with van der Waals surface area (Å²) in [5.41, 5.74) is 12.3. The van der Waals surface area contributed by atoms with Crippen molar-refractivity contribution in [1.29, 1.82) is 0 Å². The van der Waals surface area contributed by atoms with Crippen molar-refractivity contribution < 1.29 is 9.59 Å². The molecule has 1 heterocycles. The van der Waals surface area contributed by atoms with Gasteiger partial charge < -0.3 is 11.5 Å². The Morgan fingerprint density at radius 3 is 2.33 bits per heavy atom. The van der Waals surface area contributed by atoms with Crippen molar-refractivity contribution in [2.75, 3.05) is 0 Å². The Morgan fingerprint density at radius 1 is 0.905 bits per heavy atom. The number of hydrogen-bond donors (Lipinski definition) is 2. The molecule has 0 bridgehead atoms. The highest BCUT2D eigenvalue weighted by molar-refractivity contribution is 7.25. The van der Waals surface area contributed by atoms with Crippen LogP contribution in [0.2, 0.25) is 0 Å². The predicted octanol–water partition coefficient (Wildman–Crippen LogP) is 2.11. The third-order valence-corrected chi connectivity index (χ3v) is 4.60. The lowest BCUT2D eigenvalue weighted by atomic mass is 9.96. The zero-order valence-electron chi connectivity index (χ0n) is 11.3. The van der Waals surface area contributed by atoms with Crippen molar-refractivity contribution in [3.8, 4) is 0 Å². The first-order valence-electron chi connectivity index (χ1n) is 6.55. The molecule has 21 heavy (non-hydrogen) atoms. The topological polar surface area (TPSA) is 86.2 Å². The first-order chi connectivity index (χ1) is 10.1. The Bertz CT molecular complexity index is 867. The molecule has 0 saturated heterocycles. The number of hydrogen-bond acceptors (Lipinski definition) is 3. The zero-order valence-corrected chi connectivity index (χ0v) is 12.1. The van der Waals surface area contributed by atoms with Crippen LogP contribution in [0.4, 0.5) is 0 Å². The van der Waals surface area contributed by atoms with Gasteiger partial charge in [-0.3, -0.25) is 9.59 Å². The SMILES string of the molecule is NC(=O)Cc1ccc2sc3ccccc3c2c1CC(N)=O. The second kappa shape index (κ2) is 5.18. The summed E-state index contributed by atoms with van der Waals surface area (Å²) in [6.45, 7) is 0. The Balaban J connectivity index is 2.35. The van der Waals surface area contributed by atoms with E-state index in [2.05, 4.69) is 0 Å². The minimum Gasteiger partial charge on any atom is -0.369 e. The third kappa shape index (κ3) is 2.48. The molecule has 2 amide bonds.